The van der Waals surface area contributed by atoms with Gasteiger partial charge in [0.05, 0.1) is 10.7 Å². The zero-order valence-electron chi connectivity index (χ0n) is 20.4. The summed E-state index contributed by atoms with van der Waals surface area (Å²) < 4.78 is 11.9. The van der Waals surface area contributed by atoms with Crippen molar-refractivity contribution >= 4 is 51.9 Å². The third-order valence-corrected chi connectivity index (χ3v) is 6.26. The number of carbonyl (C=O) groups is 2. The molecule has 2 N–H and O–H groups in total. The van der Waals surface area contributed by atoms with Crippen molar-refractivity contribution in [1.29, 1.82) is 5.26 Å². The van der Waals surface area contributed by atoms with E-state index in [4.69, 9.17) is 9.47 Å². The molecule has 0 spiro atoms. The second-order valence-corrected chi connectivity index (χ2v) is 9.27. The number of hydrogen-bond donors (Lipinski definition) is 2. The van der Waals surface area contributed by atoms with Gasteiger partial charge in [-0.3, -0.25) is 9.59 Å². The number of rotatable bonds is 8. The largest absolute Gasteiger partial charge is 0.493 e. The van der Waals surface area contributed by atoms with Crippen molar-refractivity contribution in [3.05, 3.63) is 86.0 Å². The minimum atomic E-state index is -0.515. The van der Waals surface area contributed by atoms with Crippen LogP contribution < -0.4 is 20.1 Å². The van der Waals surface area contributed by atoms with Gasteiger partial charge in [0.15, 0.2) is 18.1 Å². The normalized spacial score (nSPS) is 10.8. The predicted molar refractivity (Wildman–Crippen MR) is 149 cm³/mol. The molecule has 0 heterocycles. The first kappa shape index (κ1) is 26.8. The molecule has 0 atom stereocenters. The Balaban J connectivity index is 1.74. The Bertz CT molecular complexity index is 1360. The summed E-state index contributed by atoms with van der Waals surface area (Å²) >= 11 is 2.06. The van der Waals surface area contributed by atoms with Crippen LogP contribution in [0.1, 0.15) is 22.3 Å². The molecule has 0 aliphatic rings. The van der Waals surface area contributed by atoms with Crippen LogP contribution in [0.25, 0.3) is 6.08 Å². The van der Waals surface area contributed by atoms with Crippen molar-refractivity contribution < 1.29 is 19.1 Å². The van der Waals surface area contributed by atoms with E-state index in [2.05, 4.69) is 33.2 Å². The molecule has 8 heteroatoms. The Kier molecular flexibility index (Phi) is 9.08. The molecule has 2 amide bonds. The lowest BCUT2D eigenvalue weighted by Crippen LogP contribution is -2.21. The summed E-state index contributed by atoms with van der Waals surface area (Å²) in [6.07, 6.45) is 1.48. The van der Waals surface area contributed by atoms with Crippen LogP contribution in [0.4, 0.5) is 11.4 Å². The van der Waals surface area contributed by atoms with Gasteiger partial charge in [0, 0.05) is 11.4 Å². The lowest BCUT2D eigenvalue weighted by molar-refractivity contribution is -0.118. The highest BCUT2D eigenvalue weighted by atomic mass is 127. The first-order valence-corrected chi connectivity index (χ1v) is 12.2. The van der Waals surface area contributed by atoms with Crippen LogP contribution in [0, 0.1) is 35.7 Å². The number of methoxy groups -OCH3 is 1. The first-order chi connectivity index (χ1) is 17.2. The number of nitriles is 1. The lowest BCUT2D eigenvalue weighted by Gasteiger charge is -2.15. The predicted octanol–water partition coefficient (Wildman–Crippen LogP) is 5.79. The fraction of sp³-hybridized carbons (Fsp3) is 0.179. The number of carbonyl (C=O) groups excluding carboxylic acids is 2. The molecular weight excluding hydrogens is 569 g/mol. The van der Waals surface area contributed by atoms with E-state index in [1.165, 1.54) is 13.2 Å². The van der Waals surface area contributed by atoms with Crippen LogP contribution in [0.15, 0.2) is 60.2 Å². The maximum atomic E-state index is 12.6. The van der Waals surface area contributed by atoms with Crippen LogP contribution in [0.3, 0.4) is 0 Å². The van der Waals surface area contributed by atoms with Gasteiger partial charge < -0.3 is 20.1 Å². The second kappa shape index (κ2) is 12.2. The maximum absolute atomic E-state index is 12.6. The molecule has 3 rings (SSSR count). The Morgan fingerprint density at radius 2 is 1.78 bits per heavy atom. The Morgan fingerprint density at radius 1 is 1.06 bits per heavy atom. The SMILES string of the molecule is COc1cc(/C=C(/C#N)C(=O)Nc2ccc(C)cc2)cc(I)c1OCC(=O)Nc1cccc(C)c1C. The summed E-state index contributed by atoms with van der Waals surface area (Å²) in [6, 6.07) is 18.3. The molecule has 0 aromatic heterocycles. The number of amides is 2. The molecular formula is C28H26IN3O4. The second-order valence-electron chi connectivity index (χ2n) is 8.11. The number of aryl methyl sites for hydroxylation is 2. The fourth-order valence-electron chi connectivity index (χ4n) is 3.32. The molecule has 0 saturated carbocycles. The van der Waals surface area contributed by atoms with Crippen LogP contribution >= 0.6 is 22.6 Å². The quantitative estimate of drug-likeness (QED) is 0.195. The molecule has 0 unspecified atom stereocenters. The van der Waals surface area contributed by atoms with Gasteiger partial charge in [-0.2, -0.15) is 5.26 Å². The molecule has 184 valence electrons. The molecule has 0 saturated heterocycles. The van der Waals surface area contributed by atoms with E-state index in [0.717, 1.165) is 22.4 Å². The fourth-order valence-corrected chi connectivity index (χ4v) is 4.11. The van der Waals surface area contributed by atoms with Gasteiger partial charge >= 0.3 is 0 Å². The smallest absolute Gasteiger partial charge is 0.266 e. The van der Waals surface area contributed by atoms with Gasteiger partial charge in [0.25, 0.3) is 11.8 Å². The van der Waals surface area contributed by atoms with Crippen molar-refractivity contribution in [2.45, 2.75) is 20.8 Å². The molecule has 3 aromatic carbocycles. The average Bonchev–Trinajstić information content (AvgIpc) is 2.85. The van der Waals surface area contributed by atoms with Crippen molar-refractivity contribution in [3.8, 4) is 17.6 Å². The van der Waals surface area contributed by atoms with Gasteiger partial charge in [-0.15, -0.1) is 0 Å². The van der Waals surface area contributed by atoms with Gasteiger partial charge in [-0.05, 0) is 96.5 Å². The van der Waals surface area contributed by atoms with Crippen LogP contribution in [0.5, 0.6) is 11.5 Å². The minimum Gasteiger partial charge on any atom is -0.493 e. The topological polar surface area (TPSA) is 100 Å². The maximum Gasteiger partial charge on any atom is 0.266 e. The van der Waals surface area contributed by atoms with Gasteiger partial charge in [-0.25, -0.2) is 0 Å². The zero-order valence-corrected chi connectivity index (χ0v) is 22.6. The monoisotopic (exact) mass is 595 g/mol. The summed E-state index contributed by atoms with van der Waals surface area (Å²) in [7, 11) is 1.48. The number of anilines is 2. The van der Waals surface area contributed by atoms with E-state index in [9.17, 15) is 14.9 Å². The molecule has 36 heavy (non-hydrogen) atoms. The van der Waals surface area contributed by atoms with E-state index in [-0.39, 0.29) is 18.1 Å². The standard InChI is InChI=1S/C28H26IN3O4/c1-17-8-10-22(11-9-17)31-28(34)21(15-30)12-20-13-23(29)27(25(14-20)35-4)36-16-26(33)32-24-7-5-6-18(2)19(24)3/h5-14H,16H2,1-4H3,(H,31,34)(H,32,33)/b21-12-. The molecule has 0 aliphatic carbocycles. The summed E-state index contributed by atoms with van der Waals surface area (Å²) in [5, 5.41) is 15.1. The molecule has 3 aromatic rings. The summed E-state index contributed by atoms with van der Waals surface area (Å²) in [5.41, 5.74) is 5.00. The number of hydrogen-bond acceptors (Lipinski definition) is 5. The number of ether oxygens (including phenoxy) is 2. The number of benzene rings is 3. The lowest BCUT2D eigenvalue weighted by atomic mass is 10.1. The molecule has 0 fully saturated rings. The molecule has 7 nitrogen and oxygen atoms in total. The van der Waals surface area contributed by atoms with Crippen molar-refractivity contribution in [2.24, 2.45) is 0 Å². The summed E-state index contributed by atoms with van der Waals surface area (Å²) in [6.45, 7) is 5.67. The first-order valence-electron chi connectivity index (χ1n) is 11.1. The third kappa shape index (κ3) is 6.86. The summed E-state index contributed by atoms with van der Waals surface area (Å²) in [4.78, 5) is 25.1. The van der Waals surface area contributed by atoms with Crippen LogP contribution in [-0.2, 0) is 9.59 Å². The highest BCUT2D eigenvalue weighted by Gasteiger charge is 2.16. The third-order valence-electron chi connectivity index (χ3n) is 5.46. The van der Waals surface area contributed by atoms with Gasteiger partial charge in [0.1, 0.15) is 11.6 Å². The van der Waals surface area contributed by atoms with Gasteiger partial charge in [-0.1, -0.05) is 29.8 Å². The average molecular weight is 595 g/mol. The number of nitrogens with zero attached hydrogens (tertiary/aromatic N) is 1. The van der Waals surface area contributed by atoms with Crippen LogP contribution in [-0.4, -0.2) is 25.5 Å². The molecule has 0 aliphatic heterocycles. The van der Waals surface area contributed by atoms with Crippen molar-refractivity contribution in [2.75, 3.05) is 24.4 Å². The number of nitrogens with one attached hydrogen (secondary N) is 2. The Morgan fingerprint density at radius 3 is 2.44 bits per heavy atom. The number of halogens is 1. The van der Waals surface area contributed by atoms with E-state index < -0.39 is 5.91 Å². The Labute approximate surface area is 224 Å². The van der Waals surface area contributed by atoms with Crippen molar-refractivity contribution in [1.82, 2.24) is 0 Å². The van der Waals surface area contributed by atoms with Gasteiger partial charge in [0.2, 0.25) is 0 Å². The highest BCUT2D eigenvalue weighted by Crippen LogP contribution is 2.34. The zero-order chi connectivity index (χ0) is 26.2. The minimum absolute atomic E-state index is 0.0602. The van der Waals surface area contributed by atoms with E-state index in [1.807, 2.05) is 57.2 Å². The molecule has 0 radical (unpaired) electrons. The molecule has 0 bridgehead atoms. The van der Waals surface area contributed by atoms with Crippen LogP contribution in [0.2, 0.25) is 0 Å². The highest BCUT2D eigenvalue weighted by molar-refractivity contribution is 14.1. The Hall–Kier alpha value is -3.84. The van der Waals surface area contributed by atoms with E-state index in [1.54, 1.807) is 24.3 Å². The van der Waals surface area contributed by atoms with E-state index >= 15 is 0 Å². The van der Waals surface area contributed by atoms with E-state index in [0.29, 0.717) is 26.3 Å². The van der Waals surface area contributed by atoms with Crippen molar-refractivity contribution in [3.63, 3.8) is 0 Å². The summed E-state index contributed by atoms with van der Waals surface area (Å²) in [5.74, 6) is -0.0401.